The summed E-state index contributed by atoms with van der Waals surface area (Å²) in [6.45, 7) is 6.12. The molecule has 132 valence electrons. The lowest BCUT2D eigenvalue weighted by Crippen LogP contribution is -2.42. The highest BCUT2D eigenvalue weighted by Crippen LogP contribution is 2.24. The van der Waals surface area contributed by atoms with Crippen LogP contribution in [0.4, 0.5) is 10.5 Å². The second kappa shape index (κ2) is 7.59. The van der Waals surface area contributed by atoms with E-state index in [9.17, 15) is 9.59 Å². The summed E-state index contributed by atoms with van der Waals surface area (Å²) in [6, 6.07) is -0.161. The van der Waals surface area contributed by atoms with Gasteiger partial charge in [0.15, 0.2) is 0 Å². The van der Waals surface area contributed by atoms with Gasteiger partial charge in [-0.2, -0.15) is 0 Å². The van der Waals surface area contributed by atoms with E-state index >= 15 is 0 Å². The number of amides is 3. The number of aromatic nitrogens is 2. The average Bonchev–Trinajstić information content (AvgIpc) is 2.54. The van der Waals surface area contributed by atoms with E-state index in [-0.39, 0.29) is 29.3 Å². The Kier molecular flexibility index (Phi) is 5.75. The van der Waals surface area contributed by atoms with Gasteiger partial charge in [-0.05, 0) is 25.7 Å². The molecule has 24 heavy (non-hydrogen) atoms. The van der Waals surface area contributed by atoms with Crippen LogP contribution in [-0.4, -0.2) is 35.0 Å². The number of carbonyl (C=O) groups is 2. The second-order valence-corrected chi connectivity index (χ2v) is 7.31. The average molecular weight is 333 g/mol. The summed E-state index contributed by atoms with van der Waals surface area (Å²) < 4.78 is 0. The third-order valence-electron chi connectivity index (χ3n) is 4.26. The molecule has 1 aliphatic carbocycles. The minimum Gasteiger partial charge on any atom is -0.359 e. The first-order valence-electron chi connectivity index (χ1n) is 8.41. The smallest absolute Gasteiger partial charge is 0.319 e. The highest BCUT2D eigenvalue weighted by Gasteiger charge is 2.26. The molecule has 1 heterocycles. The van der Waals surface area contributed by atoms with E-state index in [2.05, 4.69) is 25.9 Å². The minimum atomic E-state index is -0.259. The van der Waals surface area contributed by atoms with Crippen LogP contribution in [0.25, 0.3) is 0 Å². The first kappa shape index (κ1) is 18.2. The SMILES string of the molecule is CNC(=O)C1CCC(NC(=O)Nc2cnc(C(C)(C)C)nc2)CC1. The van der Waals surface area contributed by atoms with Gasteiger partial charge in [-0.3, -0.25) is 4.79 Å². The summed E-state index contributed by atoms with van der Waals surface area (Å²) in [5.74, 6) is 0.893. The van der Waals surface area contributed by atoms with Crippen LogP contribution in [0.15, 0.2) is 12.4 Å². The molecule has 1 fully saturated rings. The zero-order valence-corrected chi connectivity index (χ0v) is 14.8. The summed E-state index contributed by atoms with van der Waals surface area (Å²) in [6.07, 6.45) is 6.46. The maximum Gasteiger partial charge on any atom is 0.319 e. The van der Waals surface area contributed by atoms with E-state index in [4.69, 9.17) is 0 Å². The molecule has 0 atom stereocenters. The van der Waals surface area contributed by atoms with Crippen molar-refractivity contribution in [3.05, 3.63) is 18.2 Å². The van der Waals surface area contributed by atoms with Gasteiger partial charge in [0.1, 0.15) is 5.82 Å². The Morgan fingerprint density at radius 2 is 1.67 bits per heavy atom. The predicted octanol–water partition coefficient (Wildman–Crippen LogP) is 2.20. The number of rotatable bonds is 3. The first-order chi connectivity index (χ1) is 11.3. The topological polar surface area (TPSA) is 96.0 Å². The van der Waals surface area contributed by atoms with Crippen LogP contribution in [0.5, 0.6) is 0 Å². The zero-order chi connectivity index (χ0) is 17.7. The summed E-state index contributed by atoms with van der Waals surface area (Å²) >= 11 is 0. The fourth-order valence-corrected chi connectivity index (χ4v) is 2.84. The molecular formula is C17H27N5O2. The van der Waals surface area contributed by atoms with Gasteiger partial charge in [0.05, 0.1) is 18.1 Å². The fraction of sp³-hybridized carbons (Fsp3) is 0.647. The number of hydrogen-bond donors (Lipinski definition) is 3. The predicted molar refractivity (Wildman–Crippen MR) is 92.7 cm³/mol. The quantitative estimate of drug-likeness (QED) is 0.790. The highest BCUT2D eigenvalue weighted by molar-refractivity contribution is 5.89. The van der Waals surface area contributed by atoms with Crippen LogP contribution in [0, 0.1) is 5.92 Å². The number of hydrogen-bond acceptors (Lipinski definition) is 4. The van der Waals surface area contributed by atoms with Gasteiger partial charge >= 0.3 is 6.03 Å². The molecule has 0 aromatic carbocycles. The van der Waals surface area contributed by atoms with Crippen LogP contribution in [0.1, 0.15) is 52.3 Å². The molecule has 1 aromatic rings. The van der Waals surface area contributed by atoms with Gasteiger partial charge < -0.3 is 16.0 Å². The molecule has 0 saturated heterocycles. The molecule has 1 aliphatic rings. The normalized spacial score (nSPS) is 21.0. The van der Waals surface area contributed by atoms with E-state index < -0.39 is 0 Å². The van der Waals surface area contributed by atoms with E-state index in [0.29, 0.717) is 5.69 Å². The number of nitrogens with zero attached hydrogens (tertiary/aromatic N) is 2. The molecule has 0 aliphatic heterocycles. The molecule has 7 nitrogen and oxygen atoms in total. The van der Waals surface area contributed by atoms with Crippen LogP contribution in [0.2, 0.25) is 0 Å². The lowest BCUT2D eigenvalue weighted by atomic mass is 9.85. The van der Waals surface area contributed by atoms with Crippen LogP contribution in [-0.2, 0) is 10.2 Å². The van der Waals surface area contributed by atoms with E-state index in [1.807, 2.05) is 20.8 Å². The van der Waals surface area contributed by atoms with Crippen LogP contribution < -0.4 is 16.0 Å². The number of carbonyl (C=O) groups excluding carboxylic acids is 2. The Hall–Kier alpha value is -2.18. The third kappa shape index (κ3) is 4.91. The standard InChI is InChI=1S/C17H27N5O2/c1-17(2,3)15-19-9-13(10-20-15)22-16(24)21-12-7-5-11(6-8-12)14(23)18-4/h9-12H,5-8H2,1-4H3,(H,18,23)(H2,21,22,24). The summed E-state index contributed by atoms with van der Waals surface area (Å²) in [4.78, 5) is 32.3. The molecule has 0 spiro atoms. The lowest BCUT2D eigenvalue weighted by Gasteiger charge is -2.28. The van der Waals surface area contributed by atoms with Gasteiger partial charge in [0, 0.05) is 24.4 Å². The second-order valence-electron chi connectivity index (χ2n) is 7.31. The van der Waals surface area contributed by atoms with E-state index in [0.717, 1.165) is 31.5 Å². The highest BCUT2D eigenvalue weighted by atomic mass is 16.2. The van der Waals surface area contributed by atoms with Crippen molar-refractivity contribution in [1.82, 2.24) is 20.6 Å². The minimum absolute atomic E-state index is 0.0643. The Labute approximate surface area is 143 Å². The van der Waals surface area contributed by atoms with Gasteiger partial charge in [-0.1, -0.05) is 20.8 Å². The van der Waals surface area contributed by atoms with Crippen molar-refractivity contribution in [3.8, 4) is 0 Å². The lowest BCUT2D eigenvalue weighted by molar-refractivity contribution is -0.125. The third-order valence-corrected chi connectivity index (χ3v) is 4.26. The van der Waals surface area contributed by atoms with Gasteiger partial charge in [0.2, 0.25) is 5.91 Å². The van der Waals surface area contributed by atoms with Crippen molar-refractivity contribution >= 4 is 17.6 Å². The summed E-state index contributed by atoms with van der Waals surface area (Å²) in [5.41, 5.74) is 0.448. The monoisotopic (exact) mass is 333 g/mol. The maximum absolute atomic E-state index is 12.1. The first-order valence-corrected chi connectivity index (χ1v) is 8.41. The fourth-order valence-electron chi connectivity index (χ4n) is 2.84. The molecule has 3 amide bonds. The van der Waals surface area contributed by atoms with E-state index in [1.54, 1.807) is 19.4 Å². The number of nitrogens with one attached hydrogen (secondary N) is 3. The molecule has 0 radical (unpaired) electrons. The largest absolute Gasteiger partial charge is 0.359 e. The molecule has 3 N–H and O–H groups in total. The molecule has 0 bridgehead atoms. The van der Waals surface area contributed by atoms with E-state index in [1.165, 1.54) is 0 Å². The molecule has 2 rings (SSSR count). The van der Waals surface area contributed by atoms with Crippen LogP contribution >= 0.6 is 0 Å². The van der Waals surface area contributed by atoms with Crippen LogP contribution in [0.3, 0.4) is 0 Å². The molecule has 1 saturated carbocycles. The van der Waals surface area contributed by atoms with Gasteiger partial charge in [0.25, 0.3) is 0 Å². The van der Waals surface area contributed by atoms with Gasteiger partial charge in [-0.15, -0.1) is 0 Å². The number of urea groups is 1. The van der Waals surface area contributed by atoms with Crippen molar-refractivity contribution in [2.75, 3.05) is 12.4 Å². The summed E-state index contributed by atoms with van der Waals surface area (Å²) in [5, 5.41) is 8.40. The molecule has 0 unspecified atom stereocenters. The zero-order valence-electron chi connectivity index (χ0n) is 14.8. The Morgan fingerprint density at radius 1 is 1.08 bits per heavy atom. The summed E-state index contributed by atoms with van der Waals surface area (Å²) in [7, 11) is 1.66. The maximum atomic E-state index is 12.1. The molecule has 7 heteroatoms. The Bertz CT molecular complexity index is 572. The van der Waals surface area contributed by atoms with Gasteiger partial charge in [-0.25, -0.2) is 14.8 Å². The number of anilines is 1. The van der Waals surface area contributed by atoms with Crippen molar-refractivity contribution in [1.29, 1.82) is 0 Å². The Morgan fingerprint density at radius 3 is 2.17 bits per heavy atom. The van der Waals surface area contributed by atoms with Crippen molar-refractivity contribution < 1.29 is 9.59 Å². The molecule has 1 aromatic heterocycles. The molecular weight excluding hydrogens is 306 g/mol. The Balaban J connectivity index is 1.81. The van der Waals surface area contributed by atoms with Crippen molar-refractivity contribution in [2.24, 2.45) is 5.92 Å². The van der Waals surface area contributed by atoms with Crippen molar-refractivity contribution in [3.63, 3.8) is 0 Å². The van der Waals surface area contributed by atoms with Crippen molar-refractivity contribution in [2.45, 2.75) is 57.9 Å².